The predicted octanol–water partition coefficient (Wildman–Crippen LogP) is 2.08. The summed E-state index contributed by atoms with van der Waals surface area (Å²) in [6.45, 7) is 3.61. The van der Waals surface area contributed by atoms with Crippen LogP contribution in [0, 0.1) is 0 Å². The SMILES string of the molecule is CC(=O)O.CCOc1ccc(Cc2cc([C@@H]3O[C@@H](CC(=O)NC)[C@@H](O)[C@@H](O)[C@H]3O)ccc2Cl)cc1. The minimum atomic E-state index is -1.45. The second-order valence-electron chi connectivity index (χ2n) is 8.07. The first-order valence-corrected chi connectivity index (χ1v) is 11.5. The summed E-state index contributed by atoms with van der Waals surface area (Å²) < 4.78 is 11.3. The van der Waals surface area contributed by atoms with Crippen LogP contribution in [0.25, 0.3) is 0 Å². The summed E-state index contributed by atoms with van der Waals surface area (Å²) in [7, 11) is 1.48. The Morgan fingerprint density at radius 2 is 1.69 bits per heavy atom. The molecule has 2 aromatic rings. The number of carboxylic acids is 1. The summed E-state index contributed by atoms with van der Waals surface area (Å²) in [4.78, 5) is 20.8. The van der Waals surface area contributed by atoms with Gasteiger partial charge in [0, 0.05) is 19.0 Å². The van der Waals surface area contributed by atoms with Gasteiger partial charge in [0.1, 0.15) is 30.2 Å². The van der Waals surface area contributed by atoms with Gasteiger partial charge in [0.25, 0.3) is 5.97 Å². The number of ether oxygens (including phenoxy) is 2. The molecular formula is C25H32ClNO8. The van der Waals surface area contributed by atoms with E-state index in [0.29, 0.717) is 23.6 Å². The number of rotatable bonds is 7. The lowest BCUT2D eigenvalue weighted by atomic mass is 9.89. The first-order chi connectivity index (χ1) is 16.6. The molecule has 3 rings (SSSR count). The molecule has 0 unspecified atom stereocenters. The number of carbonyl (C=O) groups excluding carboxylic acids is 1. The van der Waals surface area contributed by atoms with Crippen LogP contribution in [-0.4, -0.2) is 70.4 Å². The molecule has 0 aromatic heterocycles. The van der Waals surface area contributed by atoms with Crippen LogP contribution < -0.4 is 10.1 Å². The third kappa shape index (κ3) is 8.19. The number of halogens is 1. The topological polar surface area (TPSA) is 146 Å². The molecule has 0 bridgehead atoms. The molecule has 1 saturated heterocycles. The summed E-state index contributed by atoms with van der Waals surface area (Å²) >= 11 is 6.40. The first-order valence-electron chi connectivity index (χ1n) is 11.2. The van der Waals surface area contributed by atoms with Crippen molar-refractivity contribution in [3.8, 4) is 5.75 Å². The van der Waals surface area contributed by atoms with Gasteiger partial charge in [0.05, 0.1) is 19.1 Å². The highest BCUT2D eigenvalue weighted by Crippen LogP contribution is 2.35. The van der Waals surface area contributed by atoms with Gasteiger partial charge in [-0.2, -0.15) is 0 Å². The summed E-state index contributed by atoms with van der Waals surface area (Å²) in [6.07, 6.45) is -5.62. The average molecular weight is 510 g/mol. The summed E-state index contributed by atoms with van der Waals surface area (Å²) in [5.74, 6) is -0.377. The molecule has 0 radical (unpaired) electrons. The molecule has 10 heteroatoms. The maximum atomic E-state index is 11.8. The van der Waals surface area contributed by atoms with Crippen molar-refractivity contribution >= 4 is 23.5 Å². The monoisotopic (exact) mass is 509 g/mol. The van der Waals surface area contributed by atoms with Crippen LogP contribution in [0.3, 0.4) is 0 Å². The van der Waals surface area contributed by atoms with Crippen LogP contribution in [0.1, 0.15) is 43.1 Å². The fourth-order valence-corrected chi connectivity index (χ4v) is 3.86. The van der Waals surface area contributed by atoms with E-state index in [4.69, 9.17) is 31.0 Å². The van der Waals surface area contributed by atoms with E-state index < -0.39 is 36.5 Å². The van der Waals surface area contributed by atoms with E-state index in [1.165, 1.54) is 7.05 Å². The molecule has 5 atom stereocenters. The number of nitrogens with one attached hydrogen (secondary N) is 1. The maximum absolute atomic E-state index is 11.8. The Bertz CT molecular complexity index is 980. The smallest absolute Gasteiger partial charge is 0.300 e. The van der Waals surface area contributed by atoms with Crippen LogP contribution in [0.15, 0.2) is 42.5 Å². The molecule has 0 spiro atoms. The second-order valence-corrected chi connectivity index (χ2v) is 8.48. The van der Waals surface area contributed by atoms with Gasteiger partial charge in [-0.15, -0.1) is 0 Å². The number of aliphatic hydroxyl groups is 3. The Balaban J connectivity index is 0.00000100. The molecule has 192 valence electrons. The highest BCUT2D eigenvalue weighted by atomic mass is 35.5. The standard InChI is InChI=1S/C23H28ClNO6.C2H4O2/c1-3-30-16-7-4-13(5-8-16)10-15-11-14(6-9-17(15)24)23-22(29)21(28)20(27)18(31-23)12-19(26)25-2;1-2(3)4/h4-9,11,18,20-23,27-29H,3,10,12H2,1-2H3,(H,25,26);1H3,(H,3,4)/t18-,20+,21+,22+,23-;/m0./s1. The molecule has 9 nitrogen and oxygen atoms in total. The lowest BCUT2D eigenvalue weighted by Crippen LogP contribution is -2.55. The minimum absolute atomic E-state index is 0.134. The van der Waals surface area contributed by atoms with Gasteiger partial charge >= 0.3 is 0 Å². The molecule has 1 aliphatic rings. The average Bonchev–Trinajstić information content (AvgIpc) is 2.82. The van der Waals surface area contributed by atoms with E-state index in [1.54, 1.807) is 12.1 Å². The van der Waals surface area contributed by atoms with Crippen molar-refractivity contribution in [1.29, 1.82) is 0 Å². The molecule has 2 aromatic carbocycles. The lowest BCUT2D eigenvalue weighted by molar-refractivity contribution is -0.225. The third-order valence-corrected chi connectivity index (χ3v) is 5.77. The summed E-state index contributed by atoms with van der Waals surface area (Å²) in [5.41, 5.74) is 2.45. The number of carbonyl (C=O) groups is 2. The van der Waals surface area contributed by atoms with Gasteiger partial charge in [-0.25, -0.2) is 0 Å². The van der Waals surface area contributed by atoms with Gasteiger partial charge in [-0.05, 0) is 48.2 Å². The Kier molecular flexibility index (Phi) is 10.9. The van der Waals surface area contributed by atoms with Crippen LogP contribution in [0.2, 0.25) is 5.02 Å². The largest absolute Gasteiger partial charge is 0.494 e. The number of benzene rings is 2. The van der Waals surface area contributed by atoms with Crippen LogP contribution >= 0.6 is 11.6 Å². The molecule has 0 saturated carbocycles. The molecule has 1 amide bonds. The summed E-state index contributed by atoms with van der Waals surface area (Å²) in [5, 5.41) is 41.5. The molecule has 1 heterocycles. The fourth-order valence-electron chi connectivity index (χ4n) is 3.68. The van der Waals surface area contributed by atoms with E-state index in [2.05, 4.69) is 5.32 Å². The van der Waals surface area contributed by atoms with Gasteiger partial charge < -0.3 is 35.2 Å². The van der Waals surface area contributed by atoms with Crippen molar-refractivity contribution in [3.63, 3.8) is 0 Å². The Labute approximate surface area is 209 Å². The second kappa shape index (κ2) is 13.4. The number of aliphatic hydroxyl groups excluding tert-OH is 3. The van der Waals surface area contributed by atoms with Gasteiger partial charge in [0.2, 0.25) is 5.91 Å². The van der Waals surface area contributed by atoms with Crippen LogP contribution in [-0.2, 0) is 20.7 Å². The first kappa shape index (κ1) is 28.5. The normalized spacial score (nSPS) is 23.6. The number of aliphatic carboxylic acids is 1. The Morgan fingerprint density at radius 1 is 1.06 bits per heavy atom. The molecule has 0 aliphatic carbocycles. The number of hydrogen-bond donors (Lipinski definition) is 5. The van der Waals surface area contributed by atoms with Gasteiger partial charge in [0.15, 0.2) is 0 Å². The zero-order chi connectivity index (χ0) is 26.1. The lowest BCUT2D eigenvalue weighted by Gasteiger charge is -2.40. The van der Waals surface area contributed by atoms with Crippen LogP contribution in [0.4, 0.5) is 0 Å². The molecule has 5 N–H and O–H groups in total. The molecule has 1 fully saturated rings. The van der Waals surface area contributed by atoms with Crippen molar-refractivity contribution in [2.75, 3.05) is 13.7 Å². The van der Waals surface area contributed by atoms with E-state index in [-0.39, 0.29) is 12.3 Å². The van der Waals surface area contributed by atoms with Gasteiger partial charge in [-0.3, -0.25) is 9.59 Å². The quantitative estimate of drug-likeness (QED) is 0.381. The Hall–Kier alpha value is -2.69. The fraction of sp³-hybridized carbons (Fsp3) is 0.440. The predicted molar refractivity (Wildman–Crippen MR) is 129 cm³/mol. The molecule has 1 aliphatic heterocycles. The number of hydrogen-bond acceptors (Lipinski definition) is 7. The Morgan fingerprint density at radius 3 is 2.26 bits per heavy atom. The van der Waals surface area contributed by atoms with E-state index in [9.17, 15) is 20.1 Å². The van der Waals surface area contributed by atoms with Crippen molar-refractivity contribution in [1.82, 2.24) is 5.32 Å². The van der Waals surface area contributed by atoms with E-state index in [0.717, 1.165) is 23.8 Å². The maximum Gasteiger partial charge on any atom is 0.300 e. The highest BCUT2D eigenvalue weighted by Gasteiger charge is 2.44. The van der Waals surface area contributed by atoms with Crippen LogP contribution in [0.5, 0.6) is 5.75 Å². The van der Waals surface area contributed by atoms with Crippen molar-refractivity contribution < 1.29 is 39.5 Å². The third-order valence-electron chi connectivity index (χ3n) is 5.40. The van der Waals surface area contributed by atoms with Crippen molar-refractivity contribution in [2.45, 2.75) is 57.2 Å². The summed E-state index contributed by atoms with van der Waals surface area (Å²) in [6, 6.07) is 12.9. The van der Waals surface area contributed by atoms with Gasteiger partial charge in [-0.1, -0.05) is 35.9 Å². The van der Waals surface area contributed by atoms with E-state index >= 15 is 0 Å². The van der Waals surface area contributed by atoms with Crippen molar-refractivity contribution in [2.24, 2.45) is 0 Å². The number of carboxylic acid groups (broad SMARTS) is 1. The number of amides is 1. The zero-order valence-electron chi connectivity index (χ0n) is 19.8. The van der Waals surface area contributed by atoms with Crippen molar-refractivity contribution in [3.05, 3.63) is 64.2 Å². The molecular weight excluding hydrogens is 478 g/mol. The van der Waals surface area contributed by atoms with E-state index in [1.807, 2.05) is 37.3 Å². The highest BCUT2D eigenvalue weighted by molar-refractivity contribution is 6.31. The minimum Gasteiger partial charge on any atom is -0.494 e. The molecule has 35 heavy (non-hydrogen) atoms. The zero-order valence-corrected chi connectivity index (χ0v) is 20.6.